The van der Waals surface area contributed by atoms with Crippen molar-refractivity contribution in [2.24, 2.45) is 17.8 Å². The van der Waals surface area contributed by atoms with Crippen LogP contribution in [-0.2, 0) is 4.79 Å². The van der Waals surface area contributed by atoms with E-state index >= 15 is 0 Å². The number of rotatable bonds is 4. The third kappa shape index (κ3) is 2.89. The van der Waals surface area contributed by atoms with Crippen LogP contribution in [0, 0.1) is 24.7 Å². The van der Waals surface area contributed by atoms with Crippen LogP contribution in [0.1, 0.15) is 51.3 Å². The molecule has 0 unspecified atom stereocenters. The van der Waals surface area contributed by atoms with Crippen LogP contribution < -0.4 is 5.32 Å². The van der Waals surface area contributed by atoms with Crippen LogP contribution in [0.3, 0.4) is 0 Å². The van der Waals surface area contributed by atoms with Gasteiger partial charge in [0.2, 0.25) is 5.91 Å². The summed E-state index contributed by atoms with van der Waals surface area (Å²) in [5.74, 6) is 2.49. The van der Waals surface area contributed by atoms with Crippen molar-refractivity contribution in [1.82, 2.24) is 15.1 Å². The molecule has 2 aliphatic carbocycles. The molecule has 1 N–H and O–H groups in total. The molecule has 1 amide bonds. The fraction of sp³-hybridized carbons (Fsp3) is 0.750. The minimum absolute atomic E-state index is 0.0697. The minimum Gasteiger partial charge on any atom is -0.352 e. The van der Waals surface area contributed by atoms with Crippen molar-refractivity contribution in [3.8, 4) is 0 Å². The molecular formula is C16H24BrN3O. The van der Waals surface area contributed by atoms with Crippen LogP contribution >= 0.6 is 15.9 Å². The molecule has 2 saturated carbocycles. The smallest absolute Gasteiger partial charge is 0.244 e. The number of hydrogen-bond acceptors (Lipinski definition) is 2. The second kappa shape index (κ2) is 5.75. The lowest BCUT2D eigenvalue weighted by Crippen LogP contribution is -2.43. The van der Waals surface area contributed by atoms with Crippen molar-refractivity contribution in [2.45, 2.75) is 58.5 Å². The lowest BCUT2D eigenvalue weighted by molar-refractivity contribution is -0.125. The Kier molecular flexibility index (Phi) is 4.12. The molecule has 0 saturated heterocycles. The number of aromatic nitrogens is 2. The maximum atomic E-state index is 12.5. The minimum atomic E-state index is -0.268. The van der Waals surface area contributed by atoms with E-state index in [1.165, 1.54) is 25.7 Å². The number of hydrogen-bond donors (Lipinski definition) is 1. The normalized spacial score (nSPS) is 30.4. The van der Waals surface area contributed by atoms with Crippen LogP contribution in [0.2, 0.25) is 0 Å². The Balaban J connectivity index is 1.60. The Hall–Kier alpha value is -0.840. The van der Waals surface area contributed by atoms with Crippen molar-refractivity contribution in [3.05, 3.63) is 16.4 Å². The van der Waals surface area contributed by atoms with Gasteiger partial charge in [-0.05, 0) is 73.7 Å². The van der Waals surface area contributed by atoms with Crippen LogP contribution in [0.25, 0.3) is 0 Å². The van der Waals surface area contributed by atoms with Gasteiger partial charge in [-0.3, -0.25) is 9.48 Å². The SMILES string of the molecule is Cc1nn([C@@H](C)C(=O)N[C@H](C)[C@@H]2C[C@@H]3CC[C@@H]2C3)cc1Br. The van der Waals surface area contributed by atoms with Crippen LogP contribution in [0.15, 0.2) is 10.7 Å². The zero-order chi connectivity index (χ0) is 15.1. The molecule has 4 nitrogen and oxygen atoms in total. The highest BCUT2D eigenvalue weighted by atomic mass is 79.9. The number of amides is 1. The summed E-state index contributed by atoms with van der Waals surface area (Å²) in [5.41, 5.74) is 0.913. The van der Waals surface area contributed by atoms with Gasteiger partial charge in [0.15, 0.2) is 0 Å². The van der Waals surface area contributed by atoms with E-state index in [9.17, 15) is 4.79 Å². The molecule has 0 spiro atoms. The predicted octanol–water partition coefficient (Wildman–Crippen LogP) is 3.46. The third-order valence-electron chi connectivity index (χ3n) is 5.44. The van der Waals surface area contributed by atoms with Gasteiger partial charge in [-0.25, -0.2) is 0 Å². The number of fused-ring (bicyclic) bond motifs is 2. The Labute approximate surface area is 134 Å². The fourth-order valence-corrected chi connectivity index (χ4v) is 4.43. The summed E-state index contributed by atoms with van der Waals surface area (Å²) in [6.45, 7) is 6.01. The van der Waals surface area contributed by atoms with Crippen LogP contribution in [0.5, 0.6) is 0 Å². The molecule has 0 radical (unpaired) electrons. The average Bonchev–Trinajstić information content (AvgIpc) is 3.14. The second-order valence-corrected chi connectivity index (χ2v) is 7.71. The summed E-state index contributed by atoms with van der Waals surface area (Å²) in [6.07, 6.45) is 7.32. The zero-order valence-electron chi connectivity index (χ0n) is 13.0. The largest absolute Gasteiger partial charge is 0.352 e. The molecule has 1 heterocycles. The predicted molar refractivity (Wildman–Crippen MR) is 85.9 cm³/mol. The van der Waals surface area contributed by atoms with Crippen LogP contribution in [0.4, 0.5) is 0 Å². The molecule has 0 aromatic carbocycles. The van der Waals surface area contributed by atoms with E-state index in [4.69, 9.17) is 0 Å². The third-order valence-corrected chi connectivity index (χ3v) is 6.22. The van der Waals surface area contributed by atoms with E-state index in [2.05, 4.69) is 33.3 Å². The van der Waals surface area contributed by atoms with E-state index in [0.717, 1.165) is 22.0 Å². The van der Waals surface area contributed by atoms with Gasteiger partial charge in [0.25, 0.3) is 0 Å². The maximum Gasteiger partial charge on any atom is 0.244 e. The van der Waals surface area contributed by atoms with Crippen molar-refractivity contribution in [1.29, 1.82) is 0 Å². The van der Waals surface area contributed by atoms with Gasteiger partial charge in [0, 0.05) is 12.2 Å². The number of halogens is 1. The standard InChI is InChI=1S/C16H24BrN3O/c1-9(14-7-12-4-5-13(14)6-12)18-16(21)11(3)20-8-15(17)10(2)19-20/h8-9,11-14H,4-7H2,1-3H3,(H,18,21)/t9-,11+,12-,13-,14+/m1/s1. The summed E-state index contributed by atoms with van der Waals surface area (Å²) < 4.78 is 2.69. The molecule has 2 fully saturated rings. The summed E-state index contributed by atoms with van der Waals surface area (Å²) in [6, 6.07) is 0.00592. The molecule has 1 aromatic heterocycles. The van der Waals surface area contributed by atoms with Crippen molar-refractivity contribution >= 4 is 21.8 Å². The summed E-state index contributed by atoms with van der Waals surface area (Å²) in [5, 5.41) is 7.60. The molecule has 2 bridgehead atoms. The first kappa shape index (κ1) is 15.1. The van der Waals surface area contributed by atoms with E-state index in [0.29, 0.717) is 5.92 Å². The topological polar surface area (TPSA) is 46.9 Å². The Morgan fingerprint density at radius 2 is 2.19 bits per heavy atom. The first-order valence-corrected chi connectivity index (χ1v) is 8.76. The average molecular weight is 354 g/mol. The lowest BCUT2D eigenvalue weighted by Gasteiger charge is -2.29. The molecule has 5 heteroatoms. The Morgan fingerprint density at radius 3 is 2.71 bits per heavy atom. The van der Waals surface area contributed by atoms with Gasteiger partial charge in [0.1, 0.15) is 6.04 Å². The molecule has 116 valence electrons. The monoisotopic (exact) mass is 353 g/mol. The summed E-state index contributed by atoms with van der Waals surface area (Å²) in [7, 11) is 0. The van der Waals surface area contributed by atoms with Gasteiger partial charge >= 0.3 is 0 Å². The Bertz CT molecular complexity index is 522. The molecule has 21 heavy (non-hydrogen) atoms. The summed E-state index contributed by atoms with van der Waals surface area (Å²) >= 11 is 3.45. The van der Waals surface area contributed by atoms with Gasteiger partial charge in [-0.2, -0.15) is 5.10 Å². The van der Waals surface area contributed by atoms with E-state index < -0.39 is 0 Å². The first-order valence-electron chi connectivity index (χ1n) is 7.97. The molecule has 0 aliphatic heterocycles. The molecule has 5 atom stereocenters. The quantitative estimate of drug-likeness (QED) is 0.900. The highest BCUT2D eigenvalue weighted by Gasteiger charge is 2.42. The zero-order valence-corrected chi connectivity index (χ0v) is 14.6. The number of carbonyl (C=O) groups excluding carboxylic acids is 1. The van der Waals surface area contributed by atoms with E-state index in [1.54, 1.807) is 4.68 Å². The second-order valence-electron chi connectivity index (χ2n) is 6.85. The van der Waals surface area contributed by atoms with Gasteiger partial charge in [0.05, 0.1) is 10.2 Å². The number of aryl methyl sites for hydroxylation is 1. The van der Waals surface area contributed by atoms with Crippen molar-refractivity contribution in [3.63, 3.8) is 0 Å². The molecule has 3 rings (SSSR count). The summed E-state index contributed by atoms with van der Waals surface area (Å²) in [4.78, 5) is 12.5. The molecule has 1 aromatic rings. The fourth-order valence-electron chi connectivity index (χ4n) is 4.14. The number of nitrogens with one attached hydrogen (secondary N) is 1. The number of nitrogens with zero attached hydrogens (tertiary/aromatic N) is 2. The van der Waals surface area contributed by atoms with Gasteiger partial charge in [-0.15, -0.1) is 0 Å². The Morgan fingerprint density at radius 1 is 1.43 bits per heavy atom. The van der Waals surface area contributed by atoms with Gasteiger partial charge in [-0.1, -0.05) is 6.42 Å². The highest BCUT2D eigenvalue weighted by Crippen LogP contribution is 2.49. The highest BCUT2D eigenvalue weighted by molar-refractivity contribution is 9.10. The maximum absolute atomic E-state index is 12.5. The van der Waals surface area contributed by atoms with Crippen molar-refractivity contribution < 1.29 is 4.79 Å². The first-order chi connectivity index (χ1) is 9.95. The van der Waals surface area contributed by atoms with E-state index in [-0.39, 0.29) is 18.0 Å². The van der Waals surface area contributed by atoms with Gasteiger partial charge < -0.3 is 5.32 Å². The van der Waals surface area contributed by atoms with Crippen LogP contribution in [-0.4, -0.2) is 21.7 Å². The molecule has 2 aliphatic rings. The number of carbonyl (C=O) groups is 1. The van der Waals surface area contributed by atoms with Crippen molar-refractivity contribution in [2.75, 3.05) is 0 Å². The molecular weight excluding hydrogens is 330 g/mol. The van der Waals surface area contributed by atoms with E-state index in [1.807, 2.05) is 20.0 Å². The lowest BCUT2D eigenvalue weighted by atomic mass is 9.84.